The summed E-state index contributed by atoms with van der Waals surface area (Å²) in [7, 11) is -1.17. The standard InChI is InChI=1S/C26H30N2O5S/c1-5-20-11-13-21(14-12-20)19(2)27-26(29)18-28(22-9-7-6-8-10-22)34(30,31)23-15-16-24(32-3)25(17-23)33-4/h6-17,19H,5,18H2,1-4H3,(H,27,29)/t19-/m0/s1. The maximum Gasteiger partial charge on any atom is 0.264 e. The number of amides is 1. The first-order valence-electron chi connectivity index (χ1n) is 11.0. The molecule has 0 aliphatic heterocycles. The molecule has 1 atom stereocenters. The number of carbonyl (C=O) groups is 1. The number of anilines is 1. The molecule has 7 nitrogen and oxygen atoms in total. The summed E-state index contributed by atoms with van der Waals surface area (Å²) in [6, 6.07) is 20.6. The number of aryl methyl sites for hydroxylation is 1. The number of rotatable bonds is 10. The van der Waals surface area contributed by atoms with Crippen molar-refractivity contribution < 1.29 is 22.7 Å². The molecule has 0 aliphatic carbocycles. The molecule has 0 saturated heterocycles. The van der Waals surface area contributed by atoms with Crippen molar-refractivity contribution in [1.29, 1.82) is 0 Å². The fraction of sp³-hybridized carbons (Fsp3) is 0.269. The van der Waals surface area contributed by atoms with Crippen LogP contribution in [0.1, 0.15) is 31.0 Å². The number of nitrogens with one attached hydrogen (secondary N) is 1. The number of nitrogens with zero attached hydrogens (tertiary/aromatic N) is 1. The van der Waals surface area contributed by atoms with Crippen molar-refractivity contribution in [3.8, 4) is 11.5 Å². The molecule has 0 fully saturated rings. The molecule has 34 heavy (non-hydrogen) atoms. The number of carbonyl (C=O) groups excluding carboxylic acids is 1. The van der Waals surface area contributed by atoms with E-state index in [1.165, 1.54) is 38.0 Å². The van der Waals surface area contributed by atoms with E-state index in [2.05, 4.69) is 12.2 Å². The second kappa shape index (κ2) is 11.1. The maximum absolute atomic E-state index is 13.6. The number of benzene rings is 3. The maximum atomic E-state index is 13.6. The van der Waals surface area contributed by atoms with Crippen LogP contribution in [0, 0.1) is 0 Å². The van der Waals surface area contributed by atoms with Gasteiger partial charge < -0.3 is 14.8 Å². The second-order valence-electron chi connectivity index (χ2n) is 7.75. The zero-order valence-corrected chi connectivity index (χ0v) is 20.6. The molecule has 3 aromatic carbocycles. The molecule has 3 aromatic rings. The highest BCUT2D eigenvalue weighted by molar-refractivity contribution is 7.92. The summed E-state index contributed by atoms with van der Waals surface area (Å²) < 4.78 is 38.8. The van der Waals surface area contributed by atoms with Gasteiger partial charge in [0.05, 0.1) is 30.8 Å². The fourth-order valence-corrected chi connectivity index (χ4v) is 4.99. The minimum Gasteiger partial charge on any atom is -0.493 e. The van der Waals surface area contributed by atoms with Crippen LogP contribution in [-0.4, -0.2) is 35.1 Å². The van der Waals surface area contributed by atoms with Gasteiger partial charge in [0.15, 0.2) is 11.5 Å². The summed E-state index contributed by atoms with van der Waals surface area (Å²) in [4.78, 5) is 13.0. The van der Waals surface area contributed by atoms with Gasteiger partial charge in [0.2, 0.25) is 5.91 Å². The lowest BCUT2D eigenvalue weighted by molar-refractivity contribution is -0.120. The molecule has 0 heterocycles. The molecule has 0 aromatic heterocycles. The molecular weight excluding hydrogens is 452 g/mol. The van der Waals surface area contributed by atoms with Crippen molar-refractivity contribution >= 4 is 21.6 Å². The van der Waals surface area contributed by atoms with Gasteiger partial charge in [-0.3, -0.25) is 9.10 Å². The summed E-state index contributed by atoms with van der Waals surface area (Å²) in [5.74, 6) is 0.276. The van der Waals surface area contributed by atoms with Gasteiger partial charge in [-0.15, -0.1) is 0 Å². The van der Waals surface area contributed by atoms with Crippen molar-refractivity contribution in [2.75, 3.05) is 25.1 Å². The first-order chi connectivity index (χ1) is 16.3. The molecule has 0 saturated carbocycles. The zero-order chi connectivity index (χ0) is 24.7. The van der Waals surface area contributed by atoms with Crippen LogP contribution in [0.25, 0.3) is 0 Å². The molecule has 0 spiro atoms. The Kier molecular flexibility index (Phi) is 8.17. The third-order valence-corrected chi connectivity index (χ3v) is 7.31. The minimum atomic E-state index is -4.08. The largest absolute Gasteiger partial charge is 0.493 e. The Balaban J connectivity index is 1.88. The third kappa shape index (κ3) is 5.69. The molecule has 1 amide bonds. The van der Waals surface area contributed by atoms with Crippen molar-refractivity contribution in [2.24, 2.45) is 0 Å². The molecule has 0 radical (unpaired) electrons. The topological polar surface area (TPSA) is 84.9 Å². The Morgan fingerprint density at radius 2 is 1.59 bits per heavy atom. The van der Waals surface area contributed by atoms with Crippen LogP contribution in [0.15, 0.2) is 77.7 Å². The summed E-state index contributed by atoms with van der Waals surface area (Å²) in [6.45, 7) is 3.57. The SMILES string of the molecule is CCc1ccc([C@H](C)NC(=O)CN(c2ccccc2)S(=O)(=O)c2ccc(OC)c(OC)c2)cc1. The Bertz CT molecular complexity index is 1210. The van der Waals surface area contributed by atoms with Gasteiger partial charge in [-0.2, -0.15) is 0 Å². The number of ether oxygens (including phenoxy) is 2. The smallest absolute Gasteiger partial charge is 0.264 e. The van der Waals surface area contributed by atoms with E-state index in [0.29, 0.717) is 11.4 Å². The van der Waals surface area contributed by atoms with Gasteiger partial charge in [0.1, 0.15) is 6.54 Å². The fourth-order valence-electron chi connectivity index (χ4n) is 3.56. The summed E-state index contributed by atoms with van der Waals surface area (Å²) >= 11 is 0. The Morgan fingerprint density at radius 1 is 0.941 bits per heavy atom. The predicted molar refractivity (Wildman–Crippen MR) is 133 cm³/mol. The van der Waals surface area contributed by atoms with Crippen LogP contribution >= 0.6 is 0 Å². The van der Waals surface area contributed by atoms with Crippen LogP contribution in [0.2, 0.25) is 0 Å². The Hall–Kier alpha value is -3.52. The molecule has 1 N–H and O–H groups in total. The van der Waals surface area contributed by atoms with Crippen LogP contribution in [0.3, 0.4) is 0 Å². The summed E-state index contributed by atoms with van der Waals surface area (Å²) in [5.41, 5.74) is 2.53. The normalized spacial score (nSPS) is 12.0. The van der Waals surface area contributed by atoms with E-state index in [0.717, 1.165) is 16.3 Å². The van der Waals surface area contributed by atoms with Crippen molar-refractivity contribution in [1.82, 2.24) is 5.32 Å². The van der Waals surface area contributed by atoms with Crippen molar-refractivity contribution in [2.45, 2.75) is 31.2 Å². The van der Waals surface area contributed by atoms with Crippen molar-refractivity contribution in [3.63, 3.8) is 0 Å². The van der Waals surface area contributed by atoms with E-state index in [4.69, 9.17) is 9.47 Å². The van der Waals surface area contributed by atoms with Crippen LogP contribution in [0.5, 0.6) is 11.5 Å². The van der Waals surface area contributed by atoms with Crippen LogP contribution in [0.4, 0.5) is 5.69 Å². The van der Waals surface area contributed by atoms with E-state index < -0.39 is 15.9 Å². The van der Waals surface area contributed by atoms with Crippen molar-refractivity contribution in [3.05, 3.63) is 83.9 Å². The summed E-state index contributed by atoms with van der Waals surface area (Å²) in [6.07, 6.45) is 0.932. The van der Waals surface area contributed by atoms with Gasteiger partial charge in [-0.1, -0.05) is 49.4 Å². The number of hydrogen-bond donors (Lipinski definition) is 1. The van der Waals surface area contributed by atoms with Crippen LogP contribution in [-0.2, 0) is 21.2 Å². The first kappa shape index (κ1) is 25.1. The van der Waals surface area contributed by atoms with Gasteiger partial charge in [0.25, 0.3) is 10.0 Å². The predicted octanol–water partition coefficient (Wildman–Crippen LogP) is 4.34. The van der Waals surface area contributed by atoms with E-state index >= 15 is 0 Å². The third-order valence-electron chi connectivity index (χ3n) is 5.54. The average Bonchev–Trinajstić information content (AvgIpc) is 2.87. The summed E-state index contributed by atoms with van der Waals surface area (Å²) in [5, 5.41) is 2.91. The molecule has 8 heteroatoms. The molecule has 0 bridgehead atoms. The molecule has 180 valence electrons. The zero-order valence-electron chi connectivity index (χ0n) is 19.8. The number of sulfonamides is 1. The molecule has 0 aliphatic rings. The first-order valence-corrected chi connectivity index (χ1v) is 12.4. The average molecular weight is 483 g/mol. The van der Waals surface area contributed by atoms with Gasteiger partial charge in [-0.05, 0) is 48.7 Å². The minimum absolute atomic E-state index is 0.00925. The number of methoxy groups -OCH3 is 2. The highest BCUT2D eigenvalue weighted by Gasteiger charge is 2.28. The highest BCUT2D eigenvalue weighted by Crippen LogP contribution is 2.32. The monoisotopic (exact) mass is 482 g/mol. The quantitative estimate of drug-likeness (QED) is 0.465. The van der Waals surface area contributed by atoms with Gasteiger partial charge >= 0.3 is 0 Å². The number of hydrogen-bond acceptors (Lipinski definition) is 5. The lowest BCUT2D eigenvalue weighted by atomic mass is 10.1. The van der Waals surface area contributed by atoms with E-state index in [-0.39, 0.29) is 23.2 Å². The molecule has 3 rings (SSSR count). The lowest BCUT2D eigenvalue weighted by Crippen LogP contribution is -2.41. The lowest BCUT2D eigenvalue weighted by Gasteiger charge is -2.25. The van der Waals surface area contributed by atoms with Crippen LogP contribution < -0.4 is 19.1 Å². The van der Waals surface area contributed by atoms with Gasteiger partial charge in [-0.25, -0.2) is 8.42 Å². The van der Waals surface area contributed by atoms with E-state index in [1.54, 1.807) is 30.3 Å². The molecular formula is C26H30N2O5S. The Morgan fingerprint density at radius 3 is 2.18 bits per heavy atom. The molecule has 0 unspecified atom stereocenters. The Labute approximate surface area is 201 Å². The highest BCUT2D eigenvalue weighted by atomic mass is 32.2. The number of para-hydroxylation sites is 1. The van der Waals surface area contributed by atoms with Gasteiger partial charge in [0, 0.05) is 6.07 Å². The second-order valence-corrected chi connectivity index (χ2v) is 9.61. The van der Waals surface area contributed by atoms with E-state index in [9.17, 15) is 13.2 Å². The van der Waals surface area contributed by atoms with E-state index in [1.807, 2.05) is 31.2 Å².